The van der Waals surface area contributed by atoms with Crippen molar-refractivity contribution in [1.29, 1.82) is 5.26 Å². The predicted molar refractivity (Wildman–Crippen MR) is 21.1 cm³/mol. The summed E-state index contributed by atoms with van der Waals surface area (Å²) in [6, 6.07) is 0. The number of thiocyanates is 1. The van der Waals surface area contributed by atoms with Crippen LogP contribution < -0.4 is 51.4 Å². The summed E-state index contributed by atoms with van der Waals surface area (Å²) in [6.45, 7) is 0. The summed E-state index contributed by atoms with van der Waals surface area (Å²) in [4.78, 5) is 0. The molecule has 6 heavy (non-hydrogen) atoms. The summed E-state index contributed by atoms with van der Waals surface area (Å²) < 4.78 is 0. The Balaban J connectivity index is -0.0000000275. The molecule has 1 N–H and O–H groups in total. The molecule has 0 atom stereocenters. The molecule has 0 bridgehead atoms. The van der Waals surface area contributed by atoms with Crippen LogP contribution in [0.5, 0.6) is 0 Å². The SMILES string of the molecule is CO.N#C[S-].[K+]. The van der Waals surface area contributed by atoms with Crippen LogP contribution in [-0.2, 0) is 12.6 Å². The van der Waals surface area contributed by atoms with Gasteiger partial charge in [-0.05, 0) is 0 Å². The Labute approximate surface area is 85.4 Å². The molecular weight excluding hydrogens is 125 g/mol. The minimum Gasteiger partial charge on any atom is -0.696 e. The maximum atomic E-state index is 7.13. The molecule has 0 fully saturated rings. The Bertz CT molecular complexity index is 35.0. The minimum absolute atomic E-state index is 0. The van der Waals surface area contributed by atoms with Crippen molar-refractivity contribution in [3.8, 4) is 5.40 Å². The van der Waals surface area contributed by atoms with Gasteiger partial charge in [0.1, 0.15) is 0 Å². The molecule has 0 spiro atoms. The van der Waals surface area contributed by atoms with E-state index in [2.05, 4.69) is 12.6 Å². The first-order valence-corrected chi connectivity index (χ1v) is 1.28. The van der Waals surface area contributed by atoms with Crippen molar-refractivity contribution >= 4 is 12.6 Å². The summed E-state index contributed by atoms with van der Waals surface area (Å²) in [6.07, 6.45) is 0. The van der Waals surface area contributed by atoms with Crippen molar-refractivity contribution < 1.29 is 56.5 Å². The third-order valence-electron chi connectivity index (χ3n) is 0. The zero-order valence-electron chi connectivity index (χ0n) is 3.80. The maximum absolute atomic E-state index is 7.13. The Morgan fingerprint density at radius 3 is 1.67 bits per heavy atom. The number of nitriles is 1. The predicted octanol–water partition coefficient (Wildman–Crippen LogP) is -3.37. The first-order chi connectivity index (χ1) is 2.41. The molecule has 0 aliphatic rings. The zero-order chi connectivity index (χ0) is 4.71. The molecule has 0 amide bonds. The number of aliphatic hydroxyl groups excluding tert-OH is 1. The van der Waals surface area contributed by atoms with Crippen molar-refractivity contribution in [3.63, 3.8) is 0 Å². The maximum Gasteiger partial charge on any atom is 1.00 e. The molecule has 4 heteroatoms. The van der Waals surface area contributed by atoms with Crippen LogP contribution in [0.3, 0.4) is 0 Å². The van der Waals surface area contributed by atoms with Crippen LogP contribution in [0.4, 0.5) is 0 Å². The fourth-order valence-corrected chi connectivity index (χ4v) is 0. The van der Waals surface area contributed by atoms with E-state index in [0.29, 0.717) is 0 Å². The molecule has 0 radical (unpaired) electrons. The van der Waals surface area contributed by atoms with E-state index in [4.69, 9.17) is 10.4 Å². The van der Waals surface area contributed by atoms with Gasteiger partial charge in [-0.3, -0.25) is 0 Å². The topological polar surface area (TPSA) is 44.0 Å². The van der Waals surface area contributed by atoms with Crippen molar-refractivity contribution in [2.24, 2.45) is 0 Å². The smallest absolute Gasteiger partial charge is 0.696 e. The second kappa shape index (κ2) is 33.4. The summed E-state index contributed by atoms with van der Waals surface area (Å²) in [5.41, 5.74) is 0. The molecule has 0 aliphatic carbocycles. The van der Waals surface area contributed by atoms with Crippen LogP contribution >= 0.6 is 0 Å². The molecule has 0 aromatic rings. The Morgan fingerprint density at radius 2 is 1.67 bits per heavy atom. The largest absolute Gasteiger partial charge is 1.00 e. The molecule has 0 rings (SSSR count). The molecule has 0 saturated heterocycles. The van der Waals surface area contributed by atoms with E-state index in [1.165, 1.54) is 5.40 Å². The van der Waals surface area contributed by atoms with E-state index in [-0.39, 0.29) is 51.4 Å². The summed E-state index contributed by atoms with van der Waals surface area (Å²) in [7, 11) is 1.00. The van der Waals surface area contributed by atoms with E-state index in [0.717, 1.165) is 7.11 Å². The van der Waals surface area contributed by atoms with Gasteiger partial charge >= 0.3 is 51.4 Å². The first kappa shape index (κ1) is 15.7. The quantitative estimate of drug-likeness (QED) is 0.211. The van der Waals surface area contributed by atoms with Crippen molar-refractivity contribution in [2.45, 2.75) is 0 Å². The minimum atomic E-state index is 0. The van der Waals surface area contributed by atoms with Crippen LogP contribution in [0.1, 0.15) is 0 Å². The normalized spacial score (nSPS) is 2.17. The molecule has 2 nitrogen and oxygen atoms in total. The van der Waals surface area contributed by atoms with Crippen LogP contribution in [0, 0.1) is 10.7 Å². The molecule has 30 valence electrons. The third-order valence-corrected chi connectivity index (χ3v) is 0. The molecular formula is C2H4KNOS. The van der Waals surface area contributed by atoms with Crippen LogP contribution in [0.25, 0.3) is 0 Å². The Morgan fingerprint density at radius 1 is 1.67 bits per heavy atom. The van der Waals surface area contributed by atoms with Gasteiger partial charge in [0.05, 0.1) is 0 Å². The number of rotatable bonds is 0. The number of aliphatic hydroxyl groups is 1. The van der Waals surface area contributed by atoms with E-state index in [9.17, 15) is 0 Å². The number of hydrogen-bond donors (Lipinski definition) is 1. The molecule has 0 aromatic carbocycles. The van der Waals surface area contributed by atoms with Crippen molar-refractivity contribution in [3.05, 3.63) is 0 Å². The molecule has 0 aromatic heterocycles. The second-order valence-corrected chi connectivity index (χ2v) is 0.274. The Kier molecular flexibility index (Phi) is 87.2. The average Bonchev–Trinajstić information content (AvgIpc) is 1.46. The van der Waals surface area contributed by atoms with Crippen LogP contribution in [0.15, 0.2) is 0 Å². The Hall–Kier alpha value is 1.31. The third kappa shape index (κ3) is 57.7. The van der Waals surface area contributed by atoms with Gasteiger partial charge in [-0.1, -0.05) is 5.40 Å². The van der Waals surface area contributed by atoms with Gasteiger partial charge in [-0.2, -0.15) is 0 Å². The second-order valence-electron chi connectivity index (χ2n) is 0.0913. The van der Waals surface area contributed by atoms with Crippen LogP contribution in [0.2, 0.25) is 0 Å². The van der Waals surface area contributed by atoms with Gasteiger partial charge in [0.2, 0.25) is 0 Å². The van der Waals surface area contributed by atoms with Gasteiger partial charge in [-0.25, -0.2) is 5.26 Å². The van der Waals surface area contributed by atoms with Gasteiger partial charge in [-0.15, -0.1) is 0 Å². The van der Waals surface area contributed by atoms with Crippen LogP contribution in [-0.4, -0.2) is 12.2 Å². The van der Waals surface area contributed by atoms with Gasteiger partial charge in [0.15, 0.2) is 0 Å². The van der Waals surface area contributed by atoms with Gasteiger partial charge < -0.3 is 17.7 Å². The van der Waals surface area contributed by atoms with Gasteiger partial charge in [0.25, 0.3) is 0 Å². The standard InChI is InChI=1S/CHNS.CH4O.K/c2-1-3;1-2;/h3H;2H,1H3;/q;;+1/p-1. The van der Waals surface area contributed by atoms with Gasteiger partial charge in [0, 0.05) is 7.11 Å². The summed E-state index contributed by atoms with van der Waals surface area (Å²) >= 11 is 3.70. The molecule has 0 unspecified atom stereocenters. The summed E-state index contributed by atoms with van der Waals surface area (Å²) in [5.74, 6) is 0. The fraction of sp³-hybridized carbons (Fsp3) is 0.500. The summed E-state index contributed by atoms with van der Waals surface area (Å²) in [5, 5.41) is 15.5. The number of nitrogens with zero attached hydrogens (tertiary/aromatic N) is 1. The van der Waals surface area contributed by atoms with E-state index < -0.39 is 0 Å². The van der Waals surface area contributed by atoms with E-state index >= 15 is 0 Å². The molecule has 0 aliphatic heterocycles. The zero-order valence-corrected chi connectivity index (χ0v) is 7.74. The monoisotopic (exact) mass is 129 g/mol. The molecule has 0 saturated carbocycles. The van der Waals surface area contributed by atoms with E-state index in [1.807, 2.05) is 0 Å². The average molecular weight is 129 g/mol. The molecule has 0 heterocycles. The fourth-order valence-electron chi connectivity index (χ4n) is 0. The number of hydrogen-bond acceptors (Lipinski definition) is 3. The van der Waals surface area contributed by atoms with Crippen molar-refractivity contribution in [1.82, 2.24) is 0 Å². The van der Waals surface area contributed by atoms with Crippen molar-refractivity contribution in [2.75, 3.05) is 7.11 Å². The first-order valence-electron chi connectivity index (χ1n) is 0.875. The van der Waals surface area contributed by atoms with E-state index in [1.54, 1.807) is 0 Å².